The molecule has 1 unspecified atom stereocenters. The lowest BCUT2D eigenvalue weighted by Crippen LogP contribution is -2.13. The van der Waals surface area contributed by atoms with Gasteiger partial charge < -0.3 is 9.64 Å². The van der Waals surface area contributed by atoms with Crippen LogP contribution in [-0.4, -0.2) is 25.7 Å². The Balaban J connectivity index is 2.13. The van der Waals surface area contributed by atoms with Gasteiger partial charge >= 0.3 is 5.97 Å². The van der Waals surface area contributed by atoms with E-state index in [9.17, 15) is 9.18 Å². The van der Waals surface area contributed by atoms with Crippen molar-refractivity contribution < 1.29 is 13.9 Å². The molecular formula is C10H9ClFNO2. The summed E-state index contributed by atoms with van der Waals surface area (Å²) in [5, 5.41) is 0.0583. The second-order valence-electron chi connectivity index (χ2n) is 3.29. The zero-order valence-corrected chi connectivity index (χ0v) is 8.79. The Bertz CT molecular complexity index is 410. The molecule has 5 heteroatoms. The lowest BCUT2D eigenvalue weighted by atomic mass is 10.3. The number of halogens is 2. The van der Waals surface area contributed by atoms with E-state index in [0.29, 0.717) is 6.54 Å². The molecule has 0 aliphatic carbocycles. The number of carbonyl (C=O) groups is 1. The fraction of sp³-hybridized carbons (Fsp3) is 0.300. The third kappa shape index (κ3) is 1.90. The molecule has 3 nitrogen and oxygen atoms in total. The topological polar surface area (TPSA) is 29.3 Å². The third-order valence-corrected chi connectivity index (χ3v) is 2.61. The van der Waals surface area contributed by atoms with Crippen molar-refractivity contribution in [2.75, 3.05) is 18.6 Å². The van der Waals surface area contributed by atoms with Crippen LogP contribution in [0.5, 0.6) is 0 Å². The van der Waals surface area contributed by atoms with Gasteiger partial charge in [0.25, 0.3) is 0 Å². The van der Waals surface area contributed by atoms with Crippen molar-refractivity contribution in [2.45, 2.75) is 6.04 Å². The van der Waals surface area contributed by atoms with E-state index in [0.717, 1.165) is 5.69 Å². The number of hydrogen-bond donors (Lipinski definition) is 0. The smallest absolute Gasteiger partial charge is 0.330 e. The van der Waals surface area contributed by atoms with E-state index in [1.807, 2.05) is 0 Å². The number of anilines is 1. The fourth-order valence-corrected chi connectivity index (χ4v) is 1.60. The standard InChI is InChI=1S/C10H9ClFNO2/c1-15-10(14)9-5-13(9)6-2-3-8(12)7(11)4-6/h2-4,9H,5H2,1H3. The normalized spacial score (nSPS) is 18.9. The van der Waals surface area contributed by atoms with E-state index in [1.165, 1.54) is 19.2 Å². The Hall–Kier alpha value is -1.29. The highest BCUT2D eigenvalue weighted by Crippen LogP contribution is 2.31. The highest BCUT2D eigenvalue weighted by atomic mass is 35.5. The van der Waals surface area contributed by atoms with Crippen molar-refractivity contribution in [3.63, 3.8) is 0 Å². The average molecular weight is 230 g/mol. The lowest BCUT2D eigenvalue weighted by Gasteiger charge is -2.05. The highest BCUT2D eigenvalue weighted by Gasteiger charge is 2.41. The van der Waals surface area contributed by atoms with Gasteiger partial charge in [0.2, 0.25) is 0 Å². The molecule has 2 rings (SSSR count). The molecule has 1 aromatic carbocycles. The summed E-state index contributed by atoms with van der Waals surface area (Å²) in [6, 6.07) is 4.12. The van der Waals surface area contributed by atoms with Gasteiger partial charge in [-0.25, -0.2) is 9.18 Å². The monoisotopic (exact) mass is 229 g/mol. The van der Waals surface area contributed by atoms with Crippen molar-refractivity contribution in [1.29, 1.82) is 0 Å². The summed E-state index contributed by atoms with van der Waals surface area (Å²) in [5.74, 6) is -0.743. The molecule has 1 saturated heterocycles. The second-order valence-corrected chi connectivity index (χ2v) is 3.70. The number of methoxy groups -OCH3 is 1. The minimum atomic E-state index is -0.461. The van der Waals surface area contributed by atoms with Crippen LogP contribution in [0, 0.1) is 5.82 Å². The summed E-state index contributed by atoms with van der Waals surface area (Å²) < 4.78 is 17.5. The van der Waals surface area contributed by atoms with Crippen molar-refractivity contribution in [1.82, 2.24) is 0 Å². The fourth-order valence-electron chi connectivity index (χ4n) is 1.43. The zero-order valence-electron chi connectivity index (χ0n) is 8.04. The SMILES string of the molecule is COC(=O)C1CN1c1ccc(F)c(Cl)c1. The molecule has 80 valence electrons. The van der Waals surface area contributed by atoms with Gasteiger partial charge in [-0.05, 0) is 18.2 Å². The van der Waals surface area contributed by atoms with Gasteiger partial charge in [-0.2, -0.15) is 0 Å². The number of carbonyl (C=O) groups excluding carboxylic acids is 1. The zero-order chi connectivity index (χ0) is 11.0. The summed E-state index contributed by atoms with van der Waals surface area (Å²) in [5.41, 5.74) is 0.733. The minimum Gasteiger partial charge on any atom is -0.467 e. The van der Waals surface area contributed by atoms with Crippen LogP contribution >= 0.6 is 11.6 Å². The Morgan fingerprint density at radius 2 is 2.40 bits per heavy atom. The van der Waals surface area contributed by atoms with E-state index in [-0.39, 0.29) is 17.0 Å². The lowest BCUT2D eigenvalue weighted by molar-refractivity contribution is -0.139. The van der Waals surface area contributed by atoms with E-state index < -0.39 is 5.82 Å². The quantitative estimate of drug-likeness (QED) is 0.573. The van der Waals surface area contributed by atoms with Gasteiger partial charge in [-0.1, -0.05) is 11.6 Å². The number of ether oxygens (including phenoxy) is 1. The molecule has 1 aliphatic rings. The number of nitrogens with zero attached hydrogens (tertiary/aromatic N) is 1. The van der Waals surface area contributed by atoms with Crippen LogP contribution < -0.4 is 4.90 Å². The van der Waals surface area contributed by atoms with Crippen LogP contribution in [-0.2, 0) is 9.53 Å². The first-order valence-corrected chi connectivity index (χ1v) is 4.81. The number of benzene rings is 1. The van der Waals surface area contributed by atoms with Crippen molar-refractivity contribution in [2.24, 2.45) is 0 Å². The summed E-state index contributed by atoms with van der Waals surface area (Å²) in [6.07, 6.45) is 0. The van der Waals surface area contributed by atoms with Gasteiger partial charge in [0.05, 0.1) is 18.7 Å². The van der Waals surface area contributed by atoms with E-state index in [4.69, 9.17) is 11.6 Å². The molecule has 0 N–H and O–H groups in total. The first-order valence-electron chi connectivity index (χ1n) is 4.43. The molecule has 0 radical (unpaired) electrons. The summed E-state index contributed by atoms with van der Waals surface area (Å²) in [4.78, 5) is 12.9. The summed E-state index contributed by atoms with van der Waals surface area (Å²) in [6.45, 7) is 0.592. The first kappa shape index (κ1) is 10.2. The number of rotatable bonds is 2. The van der Waals surface area contributed by atoms with E-state index in [2.05, 4.69) is 4.74 Å². The molecule has 1 aromatic rings. The summed E-state index contributed by atoms with van der Waals surface area (Å²) >= 11 is 5.63. The maximum Gasteiger partial charge on any atom is 0.330 e. The largest absolute Gasteiger partial charge is 0.467 e. The van der Waals surface area contributed by atoms with Gasteiger partial charge in [-0.3, -0.25) is 0 Å². The average Bonchev–Trinajstić information content (AvgIpc) is 3.01. The van der Waals surface area contributed by atoms with Gasteiger partial charge in [-0.15, -0.1) is 0 Å². The molecule has 0 amide bonds. The van der Waals surface area contributed by atoms with Crippen LogP contribution in [0.25, 0.3) is 0 Å². The van der Waals surface area contributed by atoms with Crippen LogP contribution in [0.15, 0.2) is 18.2 Å². The van der Waals surface area contributed by atoms with Crippen LogP contribution in [0.4, 0.5) is 10.1 Å². The van der Waals surface area contributed by atoms with Crippen molar-refractivity contribution in [3.05, 3.63) is 29.0 Å². The molecule has 1 aliphatic heterocycles. The van der Waals surface area contributed by atoms with Gasteiger partial charge in [0.15, 0.2) is 0 Å². The van der Waals surface area contributed by atoms with Crippen molar-refractivity contribution in [3.8, 4) is 0 Å². The molecule has 0 spiro atoms. The Labute approximate surface area is 91.4 Å². The van der Waals surface area contributed by atoms with Crippen LogP contribution in [0.1, 0.15) is 0 Å². The second kappa shape index (κ2) is 3.70. The number of esters is 1. The van der Waals surface area contributed by atoms with Crippen LogP contribution in [0.2, 0.25) is 5.02 Å². The maximum atomic E-state index is 12.9. The minimum absolute atomic E-state index is 0.0583. The molecule has 0 bridgehead atoms. The molecular weight excluding hydrogens is 221 g/mol. The number of hydrogen-bond acceptors (Lipinski definition) is 3. The Kier molecular flexibility index (Phi) is 2.52. The molecule has 15 heavy (non-hydrogen) atoms. The molecule has 0 saturated carbocycles. The van der Waals surface area contributed by atoms with Crippen molar-refractivity contribution >= 4 is 23.3 Å². The Morgan fingerprint density at radius 3 is 3.00 bits per heavy atom. The maximum absolute atomic E-state index is 12.9. The predicted octanol–water partition coefficient (Wildman–Crippen LogP) is 1.84. The Morgan fingerprint density at radius 1 is 1.67 bits per heavy atom. The molecule has 1 atom stereocenters. The molecule has 0 aromatic heterocycles. The first-order chi connectivity index (χ1) is 7.13. The predicted molar refractivity (Wildman–Crippen MR) is 54.6 cm³/mol. The van der Waals surface area contributed by atoms with E-state index in [1.54, 1.807) is 11.0 Å². The third-order valence-electron chi connectivity index (χ3n) is 2.32. The van der Waals surface area contributed by atoms with Crippen LogP contribution in [0.3, 0.4) is 0 Å². The molecule has 1 fully saturated rings. The van der Waals surface area contributed by atoms with Gasteiger partial charge in [0, 0.05) is 5.69 Å². The summed E-state index contributed by atoms with van der Waals surface area (Å²) in [7, 11) is 1.34. The highest BCUT2D eigenvalue weighted by molar-refractivity contribution is 6.31. The molecule has 1 heterocycles. The van der Waals surface area contributed by atoms with E-state index >= 15 is 0 Å². The van der Waals surface area contributed by atoms with Gasteiger partial charge in [0.1, 0.15) is 11.9 Å².